The van der Waals surface area contributed by atoms with E-state index in [0.717, 1.165) is 25.1 Å². The molecular formula is C10H18N2OS. The number of nitrogens with one attached hydrogen (secondary N) is 1. The molecule has 0 aromatic carbocycles. The second-order valence-electron chi connectivity index (χ2n) is 3.25. The van der Waals surface area contributed by atoms with Gasteiger partial charge in [0.15, 0.2) is 0 Å². The van der Waals surface area contributed by atoms with Crippen LogP contribution in [0.3, 0.4) is 0 Å². The van der Waals surface area contributed by atoms with Crippen LogP contribution in [0, 0.1) is 0 Å². The molecule has 1 aromatic rings. The molecule has 14 heavy (non-hydrogen) atoms. The lowest BCUT2D eigenvalue weighted by molar-refractivity contribution is 0.238. The van der Waals surface area contributed by atoms with Crippen LogP contribution >= 0.6 is 11.3 Å². The van der Waals surface area contributed by atoms with Gasteiger partial charge in [-0.15, -0.1) is 11.3 Å². The summed E-state index contributed by atoms with van der Waals surface area (Å²) in [5, 5.41) is 15.5. The summed E-state index contributed by atoms with van der Waals surface area (Å²) in [5.74, 6) is 0. The van der Waals surface area contributed by atoms with E-state index in [1.54, 1.807) is 11.3 Å². The highest BCUT2D eigenvalue weighted by Gasteiger charge is 2.05. The van der Waals surface area contributed by atoms with Gasteiger partial charge in [0.1, 0.15) is 0 Å². The number of hydrogen-bond acceptors (Lipinski definition) is 4. The van der Waals surface area contributed by atoms with Crippen LogP contribution in [0.4, 0.5) is 0 Å². The van der Waals surface area contributed by atoms with Crippen molar-refractivity contribution in [2.24, 2.45) is 0 Å². The van der Waals surface area contributed by atoms with Crippen LogP contribution in [-0.4, -0.2) is 22.7 Å². The Morgan fingerprint density at radius 3 is 2.86 bits per heavy atom. The van der Waals surface area contributed by atoms with Gasteiger partial charge in [-0.3, -0.25) is 0 Å². The summed E-state index contributed by atoms with van der Waals surface area (Å²) in [6.45, 7) is 5.13. The molecule has 0 saturated carbocycles. The first-order chi connectivity index (χ1) is 6.80. The van der Waals surface area contributed by atoms with Crippen molar-refractivity contribution in [2.75, 3.05) is 6.61 Å². The van der Waals surface area contributed by atoms with Gasteiger partial charge in [-0.2, -0.15) is 0 Å². The smallest absolute Gasteiger partial charge is 0.0926 e. The van der Waals surface area contributed by atoms with E-state index in [1.807, 2.05) is 0 Å². The largest absolute Gasteiger partial charge is 0.395 e. The average Bonchev–Trinajstić information content (AvgIpc) is 2.67. The number of nitrogens with zero attached hydrogens (tertiary/aromatic N) is 1. The summed E-state index contributed by atoms with van der Waals surface area (Å²) in [6.07, 6.45) is 1.95. The first-order valence-electron chi connectivity index (χ1n) is 5.07. The molecule has 0 saturated heterocycles. The average molecular weight is 214 g/mol. The molecule has 3 nitrogen and oxygen atoms in total. The number of hydrogen-bond donors (Lipinski definition) is 2. The summed E-state index contributed by atoms with van der Waals surface area (Å²) < 4.78 is 0. The Kier molecular flexibility index (Phi) is 5.07. The molecule has 1 rings (SSSR count). The van der Waals surface area contributed by atoms with E-state index in [4.69, 9.17) is 5.11 Å². The second-order valence-corrected chi connectivity index (χ2v) is 4.20. The third kappa shape index (κ3) is 3.36. The van der Waals surface area contributed by atoms with Crippen LogP contribution in [0.2, 0.25) is 0 Å². The summed E-state index contributed by atoms with van der Waals surface area (Å²) in [7, 11) is 0. The third-order valence-electron chi connectivity index (χ3n) is 2.19. The monoisotopic (exact) mass is 214 g/mol. The van der Waals surface area contributed by atoms with Gasteiger partial charge < -0.3 is 10.4 Å². The van der Waals surface area contributed by atoms with Gasteiger partial charge in [0.25, 0.3) is 0 Å². The van der Waals surface area contributed by atoms with Crippen molar-refractivity contribution in [3.63, 3.8) is 0 Å². The molecule has 0 aliphatic carbocycles. The molecule has 0 spiro atoms. The zero-order valence-electron chi connectivity index (χ0n) is 8.79. The van der Waals surface area contributed by atoms with Gasteiger partial charge in [-0.05, 0) is 12.8 Å². The van der Waals surface area contributed by atoms with E-state index in [2.05, 4.69) is 29.5 Å². The van der Waals surface area contributed by atoms with Crippen molar-refractivity contribution < 1.29 is 5.11 Å². The Morgan fingerprint density at radius 1 is 1.57 bits per heavy atom. The number of aromatic nitrogens is 1. The van der Waals surface area contributed by atoms with Crippen LogP contribution in [0.15, 0.2) is 5.38 Å². The van der Waals surface area contributed by atoms with Crippen molar-refractivity contribution in [3.05, 3.63) is 16.1 Å². The van der Waals surface area contributed by atoms with E-state index in [9.17, 15) is 0 Å². The van der Waals surface area contributed by atoms with Crippen LogP contribution in [0.25, 0.3) is 0 Å². The van der Waals surface area contributed by atoms with Crippen molar-refractivity contribution in [1.29, 1.82) is 0 Å². The van der Waals surface area contributed by atoms with E-state index in [1.165, 1.54) is 5.01 Å². The number of aryl methyl sites for hydroxylation is 1. The maximum Gasteiger partial charge on any atom is 0.0926 e. The number of thiazole rings is 1. The molecule has 2 N–H and O–H groups in total. The Hall–Kier alpha value is -0.450. The fraction of sp³-hybridized carbons (Fsp3) is 0.700. The fourth-order valence-electron chi connectivity index (χ4n) is 1.18. The molecule has 1 heterocycles. The van der Waals surface area contributed by atoms with Crippen molar-refractivity contribution in [1.82, 2.24) is 10.3 Å². The minimum Gasteiger partial charge on any atom is -0.395 e. The lowest BCUT2D eigenvalue weighted by Crippen LogP contribution is -2.31. The Bertz CT molecular complexity index is 258. The Labute approximate surface area is 89.2 Å². The van der Waals surface area contributed by atoms with Gasteiger partial charge in [-0.25, -0.2) is 4.98 Å². The van der Waals surface area contributed by atoms with Crippen LogP contribution in [-0.2, 0) is 13.0 Å². The molecule has 0 aliphatic heterocycles. The topological polar surface area (TPSA) is 45.2 Å². The number of rotatable bonds is 6. The van der Waals surface area contributed by atoms with Crippen molar-refractivity contribution in [3.8, 4) is 0 Å². The highest BCUT2D eigenvalue weighted by Crippen LogP contribution is 2.10. The lowest BCUT2D eigenvalue weighted by atomic mass is 10.2. The van der Waals surface area contributed by atoms with Crippen LogP contribution in [0.5, 0.6) is 0 Å². The Morgan fingerprint density at radius 2 is 2.36 bits per heavy atom. The summed E-state index contributed by atoms with van der Waals surface area (Å²) in [4.78, 5) is 4.44. The quantitative estimate of drug-likeness (QED) is 0.755. The molecule has 1 atom stereocenters. The maximum absolute atomic E-state index is 8.98. The minimum absolute atomic E-state index is 0.196. The number of aliphatic hydroxyl groups is 1. The zero-order chi connectivity index (χ0) is 10.4. The molecule has 0 unspecified atom stereocenters. The highest BCUT2D eigenvalue weighted by atomic mass is 32.1. The fourth-order valence-corrected chi connectivity index (χ4v) is 1.92. The normalized spacial score (nSPS) is 13.1. The van der Waals surface area contributed by atoms with Gasteiger partial charge in [0.05, 0.1) is 17.3 Å². The number of aliphatic hydroxyl groups excluding tert-OH is 1. The summed E-state index contributed by atoms with van der Waals surface area (Å²) in [5.41, 5.74) is 1.08. The molecule has 0 bridgehead atoms. The third-order valence-corrected chi connectivity index (χ3v) is 3.23. The molecular weight excluding hydrogens is 196 g/mol. The standard InChI is InChI=1S/C10H18N2OS/c1-3-8(6-13)11-5-9-7-14-10(4-2)12-9/h7-8,11,13H,3-6H2,1-2H3/t8-/m1/s1. The van der Waals surface area contributed by atoms with E-state index in [0.29, 0.717) is 0 Å². The molecule has 1 aromatic heterocycles. The summed E-state index contributed by atoms with van der Waals surface area (Å²) in [6, 6.07) is 0.196. The maximum atomic E-state index is 8.98. The predicted molar refractivity (Wildman–Crippen MR) is 59.5 cm³/mol. The van der Waals surface area contributed by atoms with E-state index >= 15 is 0 Å². The SMILES string of the molecule is CCc1nc(CN[C@H](CC)CO)cs1. The zero-order valence-corrected chi connectivity index (χ0v) is 9.60. The Balaban J connectivity index is 2.37. The second kappa shape index (κ2) is 6.11. The minimum atomic E-state index is 0.196. The first kappa shape index (κ1) is 11.6. The molecule has 0 fully saturated rings. The molecule has 0 radical (unpaired) electrons. The molecule has 80 valence electrons. The predicted octanol–water partition coefficient (Wildman–Crippen LogP) is 1.57. The molecule has 0 amide bonds. The molecule has 0 aliphatic rings. The van der Waals surface area contributed by atoms with Gasteiger partial charge in [-0.1, -0.05) is 13.8 Å². The highest BCUT2D eigenvalue weighted by molar-refractivity contribution is 7.09. The molecule has 4 heteroatoms. The van der Waals surface area contributed by atoms with Crippen LogP contribution < -0.4 is 5.32 Å². The van der Waals surface area contributed by atoms with Gasteiger partial charge >= 0.3 is 0 Å². The van der Waals surface area contributed by atoms with E-state index < -0.39 is 0 Å². The van der Waals surface area contributed by atoms with Gasteiger partial charge in [0.2, 0.25) is 0 Å². The summed E-state index contributed by atoms with van der Waals surface area (Å²) >= 11 is 1.70. The van der Waals surface area contributed by atoms with Crippen molar-refractivity contribution in [2.45, 2.75) is 39.3 Å². The van der Waals surface area contributed by atoms with Crippen LogP contribution in [0.1, 0.15) is 31.0 Å². The van der Waals surface area contributed by atoms with Crippen molar-refractivity contribution >= 4 is 11.3 Å². The van der Waals surface area contributed by atoms with E-state index in [-0.39, 0.29) is 12.6 Å². The van der Waals surface area contributed by atoms with Gasteiger partial charge in [0, 0.05) is 18.0 Å². The lowest BCUT2D eigenvalue weighted by Gasteiger charge is -2.12. The first-order valence-corrected chi connectivity index (χ1v) is 5.95.